The van der Waals surface area contributed by atoms with Gasteiger partial charge in [0, 0.05) is 12.8 Å². The number of unbranched alkanes of at least 4 members (excludes halogenated alkanes) is 7. The maximum atomic E-state index is 12.6. The van der Waals surface area contributed by atoms with Gasteiger partial charge in [0.1, 0.15) is 12.7 Å². The smallest absolute Gasteiger partial charge is 0.462 e. The molecule has 4 N–H and O–H groups in total. The molecule has 0 rings (SSSR count). The zero-order valence-electron chi connectivity index (χ0n) is 35.3. The van der Waals surface area contributed by atoms with Crippen molar-refractivity contribution in [2.24, 2.45) is 0 Å². The lowest BCUT2D eigenvalue weighted by Gasteiger charge is -2.20. The Balaban J connectivity index is 4.57. The highest BCUT2D eigenvalue weighted by molar-refractivity contribution is 7.47. The number of carbonyl (C=O) groups is 2. The lowest BCUT2D eigenvalue weighted by atomic mass is 10.1. The monoisotopic (exact) mass is 835 g/mol. The average Bonchev–Trinajstić information content (AvgIpc) is 3.20. The minimum atomic E-state index is -4.68. The quantitative estimate of drug-likeness (QED) is 0.0154. The van der Waals surface area contributed by atoms with Crippen LogP contribution in [0.2, 0.25) is 0 Å². The third kappa shape index (κ3) is 39.7. The van der Waals surface area contributed by atoms with Crippen LogP contribution in [0.3, 0.4) is 0 Å². The van der Waals surface area contributed by atoms with Crippen molar-refractivity contribution in [3.05, 3.63) is 97.2 Å². The summed E-state index contributed by atoms with van der Waals surface area (Å²) in [6.45, 7) is 1.96. The molecule has 0 bridgehead atoms. The molecule has 0 aromatic carbocycles. The molecule has 0 aliphatic carbocycles. The topological polar surface area (TPSA) is 169 Å². The molecule has 11 nitrogen and oxygen atoms in total. The summed E-state index contributed by atoms with van der Waals surface area (Å²) in [6, 6.07) is 0. The van der Waals surface area contributed by atoms with Gasteiger partial charge in [-0.25, -0.2) is 4.57 Å². The number of hydrogen-bond acceptors (Lipinski definition) is 10. The fourth-order valence-corrected chi connectivity index (χ4v) is 5.82. The van der Waals surface area contributed by atoms with Gasteiger partial charge in [-0.3, -0.25) is 18.6 Å². The minimum Gasteiger partial charge on any atom is -0.462 e. The molecular formula is C46H75O11P. The second-order valence-electron chi connectivity index (χ2n) is 13.8. The van der Waals surface area contributed by atoms with E-state index in [2.05, 4.69) is 91.3 Å². The number of aliphatic hydroxyl groups excluding tert-OH is 3. The van der Waals surface area contributed by atoms with Crippen LogP contribution in [-0.2, 0) is 32.7 Å². The molecule has 0 aromatic rings. The first kappa shape index (κ1) is 54.9. The van der Waals surface area contributed by atoms with Crippen molar-refractivity contribution < 1.29 is 52.9 Å². The van der Waals surface area contributed by atoms with Crippen LogP contribution in [0.15, 0.2) is 97.2 Å². The molecule has 1 unspecified atom stereocenters. The average molecular weight is 835 g/mol. The van der Waals surface area contributed by atoms with E-state index in [1.54, 1.807) is 12.2 Å². The fourth-order valence-electron chi connectivity index (χ4n) is 5.03. The van der Waals surface area contributed by atoms with Crippen LogP contribution >= 0.6 is 7.82 Å². The first-order chi connectivity index (χ1) is 28.1. The molecule has 0 heterocycles. The normalized spacial score (nSPS) is 15.3. The van der Waals surface area contributed by atoms with Crippen LogP contribution in [0, 0.1) is 0 Å². The molecule has 0 spiro atoms. The van der Waals surface area contributed by atoms with Crippen LogP contribution < -0.4 is 0 Å². The van der Waals surface area contributed by atoms with E-state index in [1.807, 2.05) is 12.2 Å². The maximum absolute atomic E-state index is 12.6. The fraction of sp³-hybridized carbons (Fsp3) is 0.609. The number of carbonyl (C=O) groups excluding carboxylic acids is 2. The largest absolute Gasteiger partial charge is 0.472 e. The van der Waals surface area contributed by atoms with Gasteiger partial charge in [-0.15, -0.1) is 0 Å². The van der Waals surface area contributed by atoms with Gasteiger partial charge in [0.15, 0.2) is 6.10 Å². The molecule has 0 amide bonds. The van der Waals surface area contributed by atoms with Crippen molar-refractivity contribution in [3.63, 3.8) is 0 Å². The summed E-state index contributed by atoms with van der Waals surface area (Å²) in [5, 5.41) is 28.6. The van der Waals surface area contributed by atoms with Crippen LogP contribution in [-0.4, -0.2) is 76.9 Å². The first-order valence-electron chi connectivity index (χ1n) is 21.3. The standard InChI is InChI=1S/C46H75O11P/c1-3-5-7-9-11-13-15-17-18-19-20-22-24-26-28-30-32-36-46(51)57-44(41-56-58(52,53)55-39-43(49)38-47)40-54-45(50)37-33-35-42(48)34-31-29-27-25-23-21-16-14-12-10-8-6-4-2/h5,7,11-14,17-18,20-23,27,29,31,34,42-44,47-49H,3-4,6,8-10,15-16,19,24-26,28,30,32-33,35-41H2,1-2H3,(H,52,53)/b7-5-,13-11-,14-12-,18-17-,22-20-,23-21-,29-27-,34-31+/t42-,43+,44-/m1/s1. The Morgan fingerprint density at radius 1 is 0.603 bits per heavy atom. The van der Waals surface area contributed by atoms with Crippen molar-refractivity contribution in [2.45, 2.75) is 154 Å². The number of esters is 2. The van der Waals surface area contributed by atoms with Gasteiger partial charge in [-0.2, -0.15) is 0 Å². The SMILES string of the molecule is CC/C=C\C/C=C\C/C=C\C/C=C\CCCCCCC(=O)O[C@H](COC(=O)CCC[C@H](O)/C=C/C=C\C/C=C\C/C=C\CCCCC)COP(=O)(O)OC[C@@H](O)CO. The number of phosphoric acid groups is 1. The lowest BCUT2D eigenvalue weighted by molar-refractivity contribution is -0.161. The van der Waals surface area contributed by atoms with E-state index >= 15 is 0 Å². The van der Waals surface area contributed by atoms with Crippen LogP contribution in [0.1, 0.15) is 136 Å². The van der Waals surface area contributed by atoms with Gasteiger partial charge in [-0.1, -0.05) is 137 Å². The predicted molar refractivity (Wildman–Crippen MR) is 234 cm³/mol. The molecule has 330 valence electrons. The van der Waals surface area contributed by atoms with E-state index in [4.69, 9.17) is 19.1 Å². The highest BCUT2D eigenvalue weighted by Crippen LogP contribution is 2.43. The summed E-state index contributed by atoms with van der Waals surface area (Å²) in [6.07, 6.45) is 45.4. The third-order valence-corrected chi connectivity index (χ3v) is 9.28. The van der Waals surface area contributed by atoms with E-state index < -0.39 is 64.5 Å². The number of ether oxygens (including phenoxy) is 2. The van der Waals surface area contributed by atoms with E-state index in [1.165, 1.54) is 19.3 Å². The van der Waals surface area contributed by atoms with Gasteiger partial charge in [-0.05, 0) is 83.5 Å². The summed E-state index contributed by atoms with van der Waals surface area (Å²) >= 11 is 0. The molecule has 0 radical (unpaired) electrons. The number of aliphatic hydroxyl groups is 3. The molecule has 0 aromatic heterocycles. The van der Waals surface area contributed by atoms with Crippen molar-refractivity contribution in [2.75, 3.05) is 26.4 Å². The van der Waals surface area contributed by atoms with E-state index in [0.717, 1.165) is 70.6 Å². The highest BCUT2D eigenvalue weighted by atomic mass is 31.2. The number of hydrogen-bond donors (Lipinski definition) is 4. The van der Waals surface area contributed by atoms with Gasteiger partial charge in [0.2, 0.25) is 0 Å². The van der Waals surface area contributed by atoms with Gasteiger partial charge in [0.25, 0.3) is 0 Å². The Hall–Kier alpha value is -3.15. The zero-order chi connectivity index (χ0) is 42.8. The van der Waals surface area contributed by atoms with Crippen LogP contribution in [0.25, 0.3) is 0 Å². The summed E-state index contributed by atoms with van der Waals surface area (Å²) in [7, 11) is -4.68. The molecule has 0 aliphatic heterocycles. The summed E-state index contributed by atoms with van der Waals surface area (Å²) < 4.78 is 32.5. The minimum absolute atomic E-state index is 0.00166. The van der Waals surface area contributed by atoms with Crippen molar-refractivity contribution in [1.29, 1.82) is 0 Å². The molecule has 0 saturated heterocycles. The molecule has 4 atom stereocenters. The van der Waals surface area contributed by atoms with Gasteiger partial charge in [0.05, 0.1) is 25.9 Å². The highest BCUT2D eigenvalue weighted by Gasteiger charge is 2.27. The Labute approximate surface area is 349 Å². The zero-order valence-corrected chi connectivity index (χ0v) is 36.2. The maximum Gasteiger partial charge on any atom is 0.472 e. The van der Waals surface area contributed by atoms with Crippen LogP contribution in [0.4, 0.5) is 0 Å². The Bertz CT molecular complexity index is 1300. The van der Waals surface area contributed by atoms with Gasteiger partial charge >= 0.3 is 19.8 Å². The number of phosphoric ester groups is 1. The molecular weight excluding hydrogens is 759 g/mol. The molecule has 0 aliphatic rings. The van der Waals surface area contributed by atoms with E-state index in [9.17, 15) is 29.3 Å². The van der Waals surface area contributed by atoms with Crippen molar-refractivity contribution >= 4 is 19.8 Å². The Morgan fingerprint density at radius 2 is 1.14 bits per heavy atom. The molecule has 12 heteroatoms. The summed E-state index contributed by atoms with van der Waals surface area (Å²) in [5.74, 6) is -1.17. The Morgan fingerprint density at radius 3 is 1.74 bits per heavy atom. The van der Waals surface area contributed by atoms with E-state index in [-0.39, 0.29) is 12.8 Å². The first-order valence-corrected chi connectivity index (χ1v) is 22.8. The number of rotatable bonds is 38. The Kier molecular flexibility index (Phi) is 38.4. The summed E-state index contributed by atoms with van der Waals surface area (Å²) in [5.41, 5.74) is 0. The lowest BCUT2D eigenvalue weighted by Crippen LogP contribution is -2.30. The van der Waals surface area contributed by atoms with Crippen LogP contribution in [0.5, 0.6) is 0 Å². The molecule has 0 fully saturated rings. The number of allylic oxidation sites excluding steroid dienone is 15. The molecule has 58 heavy (non-hydrogen) atoms. The predicted octanol–water partition coefficient (Wildman–Crippen LogP) is 10.2. The van der Waals surface area contributed by atoms with Crippen molar-refractivity contribution in [1.82, 2.24) is 0 Å². The second-order valence-corrected chi connectivity index (χ2v) is 15.3. The van der Waals surface area contributed by atoms with Gasteiger partial charge < -0.3 is 29.7 Å². The van der Waals surface area contributed by atoms with E-state index in [0.29, 0.717) is 19.3 Å². The van der Waals surface area contributed by atoms with Crippen molar-refractivity contribution in [3.8, 4) is 0 Å². The second kappa shape index (κ2) is 40.6. The summed E-state index contributed by atoms with van der Waals surface area (Å²) in [4.78, 5) is 35.0. The molecule has 0 saturated carbocycles. The third-order valence-electron chi connectivity index (χ3n) is 8.33.